The van der Waals surface area contributed by atoms with Crippen LogP contribution in [-0.2, 0) is 0 Å². The second kappa shape index (κ2) is 5.25. The number of rotatable bonds is 4. The van der Waals surface area contributed by atoms with E-state index in [1.165, 1.54) is 0 Å². The van der Waals surface area contributed by atoms with Gasteiger partial charge in [-0.3, -0.25) is 0 Å². The molecule has 0 unspecified atom stereocenters. The molecular weight excluding hydrogens is 381 g/mol. The minimum absolute atomic E-state index is 1.06. The Balaban J connectivity index is 4.84. The Labute approximate surface area is 96.2 Å². The van der Waals surface area contributed by atoms with E-state index in [1.54, 1.807) is 0 Å². The molecule has 0 radical (unpaired) electrons. The molecule has 0 atom stereocenters. The third-order valence-corrected chi connectivity index (χ3v) is 26.5. The topological polar surface area (TPSA) is 3.24 Å². The summed E-state index contributed by atoms with van der Waals surface area (Å²) in [5, 5.41) is 0. The van der Waals surface area contributed by atoms with Crippen LogP contribution >= 0.6 is 0 Å². The normalized spacial score (nSPS) is 15.1. The van der Waals surface area contributed by atoms with Gasteiger partial charge in [-0.25, -0.2) is 0 Å². The van der Waals surface area contributed by atoms with Crippen LogP contribution < -0.4 is 0 Å². The predicted molar refractivity (Wildman–Crippen MR) is 73.3 cm³/mol. The predicted octanol–water partition coefficient (Wildman–Crippen LogP) is 3.23. The average Bonchev–Trinajstić information content (AvgIpc) is 1.78. The first-order valence-corrected chi connectivity index (χ1v) is 22.5. The van der Waals surface area contributed by atoms with E-state index in [2.05, 4.69) is 58.2 Å². The monoisotopic (exact) mass is 409 g/mol. The van der Waals surface area contributed by atoms with Crippen LogP contribution in [0.1, 0.15) is 0 Å². The van der Waals surface area contributed by atoms with E-state index in [-0.39, 0.29) is 0 Å². The Morgan fingerprint density at radius 3 is 1.79 bits per heavy atom. The van der Waals surface area contributed by atoms with Gasteiger partial charge < -0.3 is 0 Å². The number of likely N-dealkylation sites (N-methyl/N-ethyl adjacent to an activating group) is 1. The van der Waals surface area contributed by atoms with E-state index >= 15 is 0 Å². The molecule has 3 heteroatoms. The van der Waals surface area contributed by atoms with Crippen molar-refractivity contribution in [3.63, 3.8) is 0 Å². The van der Waals surface area contributed by atoms with E-state index in [0.29, 0.717) is 0 Å². The van der Waals surface area contributed by atoms with Gasteiger partial charge in [0.05, 0.1) is 0 Å². The quantitative estimate of drug-likeness (QED) is 0.646. The van der Waals surface area contributed by atoms with Crippen LogP contribution in [0.25, 0.3) is 0 Å². The second-order valence-corrected chi connectivity index (χ2v) is 33.0. The summed E-state index contributed by atoms with van der Waals surface area (Å²) in [7, 11) is 3.25. The van der Waals surface area contributed by atoms with Gasteiger partial charge in [0.2, 0.25) is 0 Å². The first-order chi connectivity index (χ1) is 6.05. The van der Waals surface area contributed by atoms with E-state index in [1.807, 2.05) is 2.76 Å². The molecule has 0 saturated carbocycles. The van der Waals surface area contributed by atoms with Crippen LogP contribution in [-0.4, -0.2) is 54.8 Å². The van der Waals surface area contributed by atoms with Gasteiger partial charge in [0, 0.05) is 0 Å². The fourth-order valence-electron chi connectivity index (χ4n) is 2.01. The maximum atomic E-state index is 2.55. The average molecular weight is 409 g/mol. The molecule has 0 spiro atoms. The van der Waals surface area contributed by atoms with Crippen LogP contribution in [0.4, 0.5) is 0 Å². The van der Waals surface area contributed by atoms with Gasteiger partial charge in [-0.2, -0.15) is 0 Å². The Morgan fingerprint density at radius 1 is 1.14 bits per heavy atom. The zero-order valence-corrected chi connectivity index (χ0v) is 16.1. The van der Waals surface area contributed by atoms with Crippen LogP contribution in [0.2, 0.25) is 33.1 Å². The summed E-state index contributed by atoms with van der Waals surface area (Å²) >= 11 is -1.95. The summed E-state index contributed by atoms with van der Waals surface area (Å²) < 4.78 is 9.55. The van der Waals surface area contributed by atoms with Crippen LogP contribution in [0.5, 0.6) is 0 Å². The first kappa shape index (κ1) is 14.8. The van der Waals surface area contributed by atoms with Gasteiger partial charge in [-0.05, 0) is 0 Å². The molecule has 0 bridgehead atoms. The van der Waals surface area contributed by atoms with Gasteiger partial charge >= 0.3 is 96.7 Å². The van der Waals surface area contributed by atoms with Crippen molar-refractivity contribution < 1.29 is 0 Å². The first-order valence-electron chi connectivity index (χ1n) is 5.41. The molecule has 0 saturated heterocycles. The molecule has 0 heterocycles. The van der Waals surface area contributed by atoms with Gasteiger partial charge in [0.15, 0.2) is 0 Å². The maximum absolute atomic E-state index is 2.55. The van der Waals surface area contributed by atoms with Crippen molar-refractivity contribution in [1.29, 1.82) is 0 Å². The molecule has 0 rings (SSSR count). The Kier molecular flexibility index (Phi) is 5.57. The Hall–Kier alpha value is 0.839. The summed E-state index contributed by atoms with van der Waals surface area (Å²) in [6.07, 6.45) is 2.54. The molecule has 0 aliphatic rings. The van der Waals surface area contributed by atoms with Gasteiger partial charge in [0.25, 0.3) is 0 Å². The van der Waals surface area contributed by atoms with Crippen LogP contribution in [0.15, 0.2) is 8.83 Å². The second-order valence-electron chi connectivity index (χ2n) is 6.38. The molecule has 0 aliphatic carbocycles. The van der Waals surface area contributed by atoms with Crippen molar-refractivity contribution in [2.75, 3.05) is 20.6 Å². The molecule has 0 fully saturated rings. The molecule has 0 amide bonds. The zero-order chi connectivity index (χ0) is 11.6. The molecular formula is C11H27NPbSi. The molecule has 84 valence electrons. The Morgan fingerprint density at radius 2 is 1.57 bits per heavy atom. The van der Waals surface area contributed by atoms with E-state index < -0.39 is 29.2 Å². The third kappa shape index (κ3) is 5.65. The molecule has 0 aromatic rings. The van der Waals surface area contributed by atoms with Crippen molar-refractivity contribution in [1.82, 2.24) is 4.90 Å². The van der Waals surface area contributed by atoms with Crippen molar-refractivity contribution in [3.8, 4) is 0 Å². The fraction of sp³-hybridized carbons (Fsp3) is 0.818. The number of hydrogen-bond donors (Lipinski definition) is 0. The van der Waals surface area contributed by atoms with Gasteiger partial charge in [-0.15, -0.1) is 0 Å². The standard InChI is InChI=1S/C8H18NSi.3CH3.Pb/c1-9(2)7-6-8-10(3,4)5;;;;/h6H,7H2,1-5H3;3*1H3;. The van der Waals surface area contributed by atoms with E-state index in [0.717, 1.165) is 6.54 Å². The fourth-order valence-corrected chi connectivity index (χ4v) is 33.9. The van der Waals surface area contributed by atoms with Crippen molar-refractivity contribution in [2.45, 2.75) is 33.1 Å². The molecule has 0 aromatic carbocycles. The van der Waals surface area contributed by atoms with Crippen LogP contribution in [0.3, 0.4) is 0 Å². The zero-order valence-electron chi connectivity index (χ0n) is 11.2. The Bertz CT molecular complexity index is 192. The number of nitrogens with zero attached hydrogens (tertiary/aromatic N) is 1. The summed E-state index contributed by atoms with van der Waals surface area (Å²) in [6.45, 7) is 8.58. The summed E-state index contributed by atoms with van der Waals surface area (Å²) in [6, 6.07) is 0. The molecule has 14 heavy (non-hydrogen) atoms. The summed E-state index contributed by atoms with van der Waals surface area (Å²) in [5.41, 5.74) is 0. The van der Waals surface area contributed by atoms with Crippen molar-refractivity contribution in [2.24, 2.45) is 0 Å². The minimum atomic E-state index is -1.95. The van der Waals surface area contributed by atoms with Gasteiger partial charge in [0.1, 0.15) is 0 Å². The van der Waals surface area contributed by atoms with Crippen molar-refractivity contribution >= 4 is 29.2 Å². The SMILES string of the molecule is CN(C)C/C=[C](\[Si](C)(C)C)[Pb]([CH3])([CH3])[CH3]. The van der Waals surface area contributed by atoms with Crippen molar-refractivity contribution in [3.05, 3.63) is 8.83 Å². The molecule has 0 aromatic heterocycles. The molecule has 0 N–H and O–H groups in total. The summed E-state index contributed by atoms with van der Waals surface area (Å²) in [4.78, 5) is 2.26. The van der Waals surface area contributed by atoms with Gasteiger partial charge in [-0.1, -0.05) is 0 Å². The third-order valence-electron chi connectivity index (χ3n) is 2.28. The summed E-state index contributed by atoms with van der Waals surface area (Å²) in [5.74, 6) is 0. The molecule has 1 nitrogen and oxygen atoms in total. The van der Waals surface area contributed by atoms with E-state index in [4.69, 9.17) is 0 Å². The van der Waals surface area contributed by atoms with Crippen LogP contribution in [0, 0.1) is 0 Å². The van der Waals surface area contributed by atoms with E-state index in [9.17, 15) is 0 Å². The number of hydrogen-bond acceptors (Lipinski definition) is 1. The molecule has 0 aliphatic heterocycles.